The summed E-state index contributed by atoms with van der Waals surface area (Å²) in [5, 5.41) is 5.18. The number of esters is 2. The number of likely N-dealkylation sites (N-methyl/N-ethyl adjacent to an activating group) is 1. The van der Waals surface area contributed by atoms with Gasteiger partial charge in [-0.1, -0.05) is 77.8 Å². The van der Waals surface area contributed by atoms with Crippen LogP contribution in [0.2, 0.25) is 0 Å². The van der Waals surface area contributed by atoms with Crippen LogP contribution in [0.25, 0.3) is 0 Å². The first-order valence-electron chi connectivity index (χ1n) is 20.0. The molecule has 1 fully saturated rings. The van der Waals surface area contributed by atoms with Crippen molar-refractivity contribution in [1.29, 1.82) is 0 Å². The summed E-state index contributed by atoms with van der Waals surface area (Å²) in [6.07, 6.45) is 4.18. The Labute approximate surface area is 333 Å². The molecule has 306 valence electrons. The van der Waals surface area contributed by atoms with E-state index in [-0.39, 0.29) is 66.2 Å². The zero-order chi connectivity index (χ0) is 41.0. The minimum atomic E-state index is -0.807. The lowest BCUT2D eigenvalue weighted by Crippen LogP contribution is -2.48. The van der Waals surface area contributed by atoms with E-state index in [0.29, 0.717) is 17.8 Å². The van der Waals surface area contributed by atoms with Crippen LogP contribution in [0, 0.1) is 23.7 Å². The van der Waals surface area contributed by atoms with Gasteiger partial charge in [0.05, 0.1) is 12.0 Å². The van der Waals surface area contributed by atoms with Crippen LogP contribution < -0.4 is 5.32 Å². The van der Waals surface area contributed by atoms with Gasteiger partial charge in [0.15, 0.2) is 11.9 Å². The maximum Gasteiger partial charge on any atom is 0.309 e. The van der Waals surface area contributed by atoms with E-state index >= 15 is 0 Å². The van der Waals surface area contributed by atoms with E-state index in [0.717, 1.165) is 37.8 Å². The Hall–Kier alpha value is -3.64. The van der Waals surface area contributed by atoms with Crippen molar-refractivity contribution >= 4 is 40.9 Å². The molecular weight excluding hydrogens is 717 g/mol. The Morgan fingerprint density at radius 1 is 1.04 bits per heavy atom. The lowest BCUT2D eigenvalue weighted by atomic mass is 9.83. The summed E-state index contributed by atoms with van der Waals surface area (Å²) in [7, 11) is 3.76. The predicted molar refractivity (Wildman–Crippen MR) is 216 cm³/mol. The second-order valence-electron chi connectivity index (χ2n) is 16.9. The first-order chi connectivity index (χ1) is 25.8. The number of ether oxygens (including phenoxy) is 2. The summed E-state index contributed by atoms with van der Waals surface area (Å²) in [4.78, 5) is 75.4. The van der Waals surface area contributed by atoms with E-state index < -0.39 is 35.4 Å². The van der Waals surface area contributed by atoms with Crippen LogP contribution in [0.1, 0.15) is 134 Å². The third kappa shape index (κ3) is 14.1. The van der Waals surface area contributed by atoms with Crippen molar-refractivity contribution in [2.75, 3.05) is 20.6 Å². The summed E-state index contributed by atoms with van der Waals surface area (Å²) in [5.74, 6) is -2.16. The van der Waals surface area contributed by atoms with Gasteiger partial charge >= 0.3 is 11.9 Å². The minimum Gasteiger partial charge on any atom is -0.460 e. The minimum absolute atomic E-state index is 0.00254. The van der Waals surface area contributed by atoms with Crippen LogP contribution in [0.5, 0.6) is 0 Å². The Kier molecular flexibility index (Phi) is 17.5. The first-order valence-corrected chi connectivity index (χ1v) is 20.9. The summed E-state index contributed by atoms with van der Waals surface area (Å²) < 4.78 is 11.4. The second kappa shape index (κ2) is 21.0. The van der Waals surface area contributed by atoms with E-state index in [1.165, 1.54) is 18.3 Å². The monoisotopic (exact) mass is 782 g/mol. The number of thiazole rings is 1. The lowest BCUT2D eigenvalue weighted by molar-refractivity contribution is -0.159. The molecule has 0 unspecified atom stereocenters. The van der Waals surface area contributed by atoms with Gasteiger partial charge in [0.1, 0.15) is 16.3 Å². The van der Waals surface area contributed by atoms with Gasteiger partial charge in [-0.05, 0) is 77.4 Å². The maximum atomic E-state index is 14.3. The van der Waals surface area contributed by atoms with Crippen LogP contribution in [-0.2, 0) is 35.1 Å². The number of hydrogen-bond donors (Lipinski definition) is 1. The van der Waals surface area contributed by atoms with Crippen molar-refractivity contribution in [3.8, 4) is 0 Å². The molecular formula is C43H66N4O7S. The molecule has 2 aromatic rings. The third-order valence-corrected chi connectivity index (χ3v) is 11.7. The van der Waals surface area contributed by atoms with Crippen LogP contribution in [0.4, 0.5) is 0 Å². The molecule has 2 heterocycles. The molecule has 55 heavy (non-hydrogen) atoms. The van der Waals surface area contributed by atoms with Gasteiger partial charge in [-0.25, -0.2) is 4.98 Å². The number of piperidine rings is 1. The largest absolute Gasteiger partial charge is 0.460 e. The summed E-state index contributed by atoms with van der Waals surface area (Å²) >= 11 is 1.22. The van der Waals surface area contributed by atoms with Crippen molar-refractivity contribution in [3.63, 3.8) is 0 Å². The summed E-state index contributed by atoms with van der Waals surface area (Å²) in [6.45, 7) is 17.6. The van der Waals surface area contributed by atoms with Crippen molar-refractivity contribution in [1.82, 2.24) is 20.1 Å². The maximum absolute atomic E-state index is 14.3. The fourth-order valence-corrected chi connectivity index (χ4v) is 8.23. The highest BCUT2D eigenvalue weighted by atomic mass is 32.1. The Morgan fingerprint density at radius 2 is 1.71 bits per heavy atom. The number of carbonyl (C=O) groups is 5. The quantitative estimate of drug-likeness (QED) is 0.144. The standard InChI is InChI=1S/C43H66N4O7S/c1-12-28(4)33(24-37(49)35-20-16-17-21-46(35)10)41(51)47(11)36(27(2)3)25-38(53-30(6)48)40-45-34(26-55-40)39(50)44-32(23-31-18-14-13-15-19-31)22-29(5)42(52)54-43(7,8)9/h13-15,18-19,26-29,32-33,35-36,38H,12,16-17,20-25H2,1-11H3,(H,44,50)/t28-,29-,32+,33-,35+,36+,38+/m0/s1. The van der Waals surface area contributed by atoms with Gasteiger partial charge in [-0.2, -0.15) is 0 Å². The Bertz CT molecular complexity index is 1570. The number of amides is 2. The molecule has 0 spiro atoms. The van der Waals surface area contributed by atoms with Crippen molar-refractivity contribution in [2.24, 2.45) is 23.7 Å². The molecule has 1 aliphatic heterocycles. The van der Waals surface area contributed by atoms with Gasteiger partial charge in [0, 0.05) is 50.2 Å². The highest BCUT2D eigenvalue weighted by Crippen LogP contribution is 2.33. The zero-order valence-electron chi connectivity index (χ0n) is 35.1. The van der Waals surface area contributed by atoms with Gasteiger partial charge in [-0.15, -0.1) is 11.3 Å². The topological polar surface area (TPSA) is 135 Å². The normalized spacial score (nSPS) is 18.4. The van der Waals surface area contributed by atoms with Gasteiger partial charge in [0.25, 0.3) is 5.91 Å². The molecule has 2 amide bonds. The molecule has 0 saturated carbocycles. The van der Waals surface area contributed by atoms with Crippen LogP contribution in [0.3, 0.4) is 0 Å². The van der Waals surface area contributed by atoms with Crippen LogP contribution in [-0.4, -0.2) is 88.7 Å². The highest BCUT2D eigenvalue weighted by Gasteiger charge is 2.38. The van der Waals surface area contributed by atoms with E-state index in [1.807, 2.05) is 85.8 Å². The molecule has 1 aromatic heterocycles. The number of Topliss-reactive ketones (excluding diaryl/α,β-unsaturated/α-hetero) is 1. The van der Waals surface area contributed by atoms with Gasteiger partial charge < -0.3 is 19.7 Å². The van der Waals surface area contributed by atoms with E-state index in [2.05, 4.69) is 15.2 Å². The summed E-state index contributed by atoms with van der Waals surface area (Å²) in [6, 6.07) is 8.86. The average Bonchev–Trinajstić information content (AvgIpc) is 3.61. The highest BCUT2D eigenvalue weighted by molar-refractivity contribution is 7.09. The smallest absolute Gasteiger partial charge is 0.309 e. The number of nitrogens with zero attached hydrogens (tertiary/aromatic N) is 3. The molecule has 0 aliphatic carbocycles. The van der Waals surface area contributed by atoms with E-state index in [1.54, 1.807) is 24.3 Å². The SMILES string of the molecule is CC[C@H](C)[C@H](CC(=O)[C@H]1CCCCN1C)C(=O)N(C)[C@H](C[C@@H](OC(C)=O)c1nc(C(=O)N[C@@H](Cc2ccccc2)C[C@H](C)C(=O)OC(C)(C)C)cs1)C(C)C. The summed E-state index contributed by atoms with van der Waals surface area (Å²) in [5.41, 5.74) is 0.558. The number of hydrogen-bond acceptors (Lipinski definition) is 10. The number of ketones is 1. The average molecular weight is 783 g/mol. The number of benzene rings is 1. The van der Waals surface area contributed by atoms with Crippen LogP contribution >= 0.6 is 11.3 Å². The molecule has 1 aliphatic rings. The predicted octanol–water partition coefficient (Wildman–Crippen LogP) is 7.44. The lowest BCUT2D eigenvalue weighted by Gasteiger charge is -2.37. The first kappa shape index (κ1) is 45.7. The number of carbonyl (C=O) groups excluding carboxylic acids is 5. The molecule has 1 N–H and O–H groups in total. The fourth-order valence-electron chi connectivity index (χ4n) is 7.39. The molecule has 3 rings (SSSR count). The third-order valence-electron chi connectivity index (χ3n) is 10.7. The molecule has 0 radical (unpaired) electrons. The Morgan fingerprint density at radius 3 is 2.29 bits per heavy atom. The Balaban J connectivity index is 1.82. The van der Waals surface area contributed by atoms with E-state index in [9.17, 15) is 24.0 Å². The fraction of sp³-hybridized carbons (Fsp3) is 0.674. The molecule has 7 atom stereocenters. The van der Waals surface area contributed by atoms with Crippen molar-refractivity contribution < 1.29 is 33.4 Å². The molecule has 1 aromatic carbocycles. The number of nitrogens with one attached hydrogen (secondary N) is 1. The molecule has 12 heteroatoms. The van der Waals surface area contributed by atoms with E-state index in [4.69, 9.17) is 9.47 Å². The number of likely N-dealkylation sites (tertiary alicyclic amines) is 1. The molecule has 11 nitrogen and oxygen atoms in total. The number of aromatic nitrogens is 1. The van der Waals surface area contributed by atoms with Gasteiger partial charge in [0.2, 0.25) is 5.91 Å². The molecule has 0 bridgehead atoms. The van der Waals surface area contributed by atoms with Gasteiger partial charge in [-0.3, -0.25) is 28.9 Å². The molecule has 1 saturated heterocycles. The van der Waals surface area contributed by atoms with Crippen molar-refractivity contribution in [3.05, 3.63) is 52.0 Å². The second-order valence-corrected chi connectivity index (χ2v) is 17.7. The van der Waals surface area contributed by atoms with Crippen LogP contribution in [0.15, 0.2) is 35.7 Å². The number of rotatable bonds is 19. The van der Waals surface area contributed by atoms with Crippen molar-refractivity contribution in [2.45, 2.75) is 144 Å². The zero-order valence-corrected chi connectivity index (χ0v) is 35.9.